The minimum Gasteiger partial charge on any atom is -0.495 e. The number of aromatic nitrogens is 1. The number of hydrogen-bond donors (Lipinski definition) is 2. The van der Waals surface area contributed by atoms with Crippen LogP contribution in [-0.2, 0) is 0 Å². The van der Waals surface area contributed by atoms with Crippen molar-refractivity contribution in [3.05, 3.63) is 56.4 Å². The van der Waals surface area contributed by atoms with Crippen LogP contribution in [0.2, 0.25) is 10.0 Å². The lowest BCUT2D eigenvalue weighted by atomic mass is 10.2. The van der Waals surface area contributed by atoms with E-state index >= 15 is 0 Å². The predicted molar refractivity (Wildman–Crippen MR) is 78.0 cm³/mol. The summed E-state index contributed by atoms with van der Waals surface area (Å²) in [4.78, 5) is 25.6. The zero-order chi connectivity index (χ0) is 14.7. The van der Waals surface area contributed by atoms with Crippen LogP contribution < -0.4 is 15.6 Å². The van der Waals surface area contributed by atoms with Gasteiger partial charge in [0.1, 0.15) is 10.8 Å². The number of methoxy groups -OCH3 is 1. The first-order valence-corrected chi connectivity index (χ1v) is 6.30. The second-order valence-corrected chi connectivity index (χ2v) is 4.71. The van der Waals surface area contributed by atoms with E-state index in [0.717, 1.165) is 0 Å². The number of halogens is 2. The Kier molecular flexibility index (Phi) is 4.32. The highest BCUT2D eigenvalue weighted by atomic mass is 35.5. The van der Waals surface area contributed by atoms with Crippen molar-refractivity contribution in [3.8, 4) is 5.75 Å². The van der Waals surface area contributed by atoms with Crippen molar-refractivity contribution < 1.29 is 9.53 Å². The maximum absolute atomic E-state index is 12.1. The molecule has 5 nitrogen and oxygen atoms in total. The molecule has 0 radical (unpaired) electrons. The number of benzene rings is 1. The van der Waals surface area contributed by atoms with Gasteiger partial charge in [-0.15, -0.1) is 0 Å². The summed E-state index contributed by atoms with van der Waals surface area (Å²) in [7, 11) is 1.48. The fraction of sp³-hybridized carbons (Fsp3) is 0.0769. The van der Waals surface area contributed by atoms with Gasteiger partial charge in [-0.25, -0.2) is 0 Å². The van der Waals surface area contributed by atoms with E-state index in [1.807, 2.05) is 0 Å². The maximum Gasteiger partial charge on any atom is 0.266 e. The van der Waals surface area contributed by atoms with Crippen molar-refractivity contribution in [1.82, 2.24) is 4.98 Å². The van der Waals surface area contributed by atoms with E-state index in [1.54, 1.807) is 18.2 Å². The van der Waals surface area contributed by atoms with E-state index < -0.39 is 11.5 Å². The molecule has 0 atom stereocenters. The first kappa shape index (κ1) is 14.4. The minimum atomic E-state index is -0.455. The zero-order valence-corrected chi connectivity index (χ0v) is 11.9. The summed E-state index contributed by atoms with van der Waals surface area (Å²) in [5, 5.41) is 3.04. The molecular weight excluding hydrogens is 303 g/mol. The van der Waals surface area contributed by atoms with Crippen molar-refractivity contribution in [2.24, 2.45) is 0 Å². The molecule has 1 aromatic heterocycles. The zero-order valence-electron chi connectivity index (χ0n) is 10.4. The molecular formula is C13H10Cl2N2O3. The molecule has 0 spiro atoms. The number of ether oxygens (including phenoxy) is 1. The number of H-pyrrole nitrogens is 1. The van der Waals surface area contributed by atoms with Gasteiger partial charge in [0.25, 0.3) is 11.5 Å². The number of hydrogen-bond acceptors (Lipinski definition) is 3. The monoisotopic (exact) mass is 312 g/mol. The molecule has 20 heavy (non-hydrogen) atoms. The van der Waals surface area contributed by atoms with E-state index in [2.05, 4.69) is 10.3 Å². The van der Waals surface area contributed by atoms with Gasteiger partial charge in [-0.3, -0.25) is 9.59 Å². The summed E-state index contributed by atoms with van der Waals surface area (Å²) in [5.74, 6) is 0.0296. The Morgan fingerprint density at radius 2 is 2.05 bits per heavy atom. The molecule has 0 aliphatic carbocycles. The lowest BCUT2D eigenvalue weighted by molar-refractivity contribution is 0.102. The third-order valence-corrected chi connectivity index (χ3v) is 3.05. The second-order valence-electron chi connectivity index (χ2n) is 3.86. The topological polar surface area (TPSA) is 71.2 Å². The average Bonchev–Trinajstić information content (AvgIpc) is 2.42. The van der Waals surface area contributed by atoms with Crippen LogP contribution in [0.25, 0.3) is 0 Å². The van der Waals surface area contributed by atoms with Crippen molar-refractivity contribution in [2.45, 2.75) is 0 Å². The van der Waals surface area contributed by atoms with E-state index in [9.17, 15) is 9.59 Å². The molecule has 2 aromatic rings. The summed E-state index contributed by atoms with van der Waals surface area (Å²) >= 11 is 11.5. The van der Waals surface area contributed by atoms with Crippen LogP contribution in [0.5, 0.6) is 5.75 Å². The molecule has 2 N–H and O–H groups in total. The normalized spacial score (nSPS) is 10.2. The Morgan fingerprint density at radius 1 is 1.30 bits per heavy atom. The smallest absolute Gasteiger partial charge is 0.266 e. The van der Waals surface area contributed by atoms with Gasteiger partial charge < -0.3 is 15.0 Å². The molecule has 0 saturated carbocycles. The van der Waals surface area contributed by atoms with Crippen molar-refractivity contribution >= 4 is 34.8 Å². The highest BCUT2D eigenvalue weighted by Crippen LogP contribution is 2.28. The van der Waals surface area contributed by atoms with Crippen molar-refractivity contribution in [2.75, 3.05) is 12.4 Å². The number of carbonyl (C=O) groups excluding carboxylic acids is 1. The molecule has 0 aliphatic rings. The quantitative estimate of drug-likeness (QED) is 0.915. The summed E-state index contributed by atoms with van der Waals surface area (Å²) in [6.07, 6.45) is 1.28. The Morgan fingerprint density at radius 3 is 2.70 bits per heavy atom. The summed E-state index contributed by atoms with van der Waals surface area (Å²) in [6.45, 7) is 0. The van der Waals surface area contributed by atoms with Crippen LogP contribution in [0.1, 0.15) is 10.4 Å². The number of anilines is 1. The molecule has 0 fully saturated rings. The molecule has 1 aromatic carbocycles. The molecule has 104 valence electrons. The number of amides is 1. The van der Waals surface area contributed by atoms with Crippen LogP contribution in [0, 0.1) is 0 Å². The Labute approximate surface area is 124 Å². The minimum absolute atomic E-state index is 0.0595. The Bertz CT molecular complexity index is 713. The fourth-order valence-electron chi connectivity index (χ4n) is 1.56. The lowest BCUT2D eigenvalue weighted by Gasteiger charge is -2.10. The third-order valence-electron chi connectivity index (χ3n) is 2.53. The number of aromatic amines is 1. The van der Waals surface area contributed by atoms with Crippen LogP contribution in [0.4, 0.5) is 5.69 Å². The fourth-order valence-corrected chi connectivity index (χ4v) is 1.90. The maximum atomic E-state index is 12.1. The molecule has 0 bridgehead atoms. The first-order chi connectivity index (χ1) is 9.51. The standard InChI is InChI=1S/C13H10Cl2N2O3/c1-20-11-3-2-8(14)5-10(11)17-12(18)7-4-9(15)13(19)16-6-7/h2-6H,1H3,(H,16,19)(H,17,18). The number of pyridine rings is 1. The predicted octanol–water partition coefficient (Wildman–Crippen LogP) is 2.94. The van der Waals surface area contributed by atoms with Gasteiger partial charge in [-0.05, 0) is 24.3 Å². The average molecular weight is 313 g/mol. The van der Waals surface area contributed by atoms with E-state index in [1.165, 1.54) is 19.4 Å². The molecule has 7 heteroatoms. The highest BCUT2D eigenvalue weighted by Gasteiger charge is 2.11. The van der Waals surface area contributed by atoms with E-state index in [0.29, 0.717) is 16.5 Å². The van der Waals surface area contributed by atoms with Gasteiger partial charge in [0.05, 0.1) is 18.4 Å². The number of nitrogens with one attached hydrogen (secondary N) is 2. The molecule has 0 saturated heterocycles. The van der Waals surface area contributed by atoms with Gasteiger partial charge in [0.15, 0.2) is 0 Å². The molecule has 0 aliphatic heterocycles. The van der Waals surface area contributed by atoms with Gasteiger partial charge in [-0.2, -0.15) is 0 Å². The molecule has 2 rings (SSSR count). The van der Waals surface area contributed by atoms with E-state index in [-0.39, 0.29) is 10.6 Å². The largest absolute Gasteiger partial charge is 0.495 e. The molecule has 0 unspecified atom stereocenters. The van der Waals surface area contributed by atoms with Crippen LogP contribution >= 0.6 is 23.2 Å². The number of carbonyl (C=O) groups is 1. The third kappa shape index (κ3) is 3.12. The first-order valence-electron chi connectivity index (χ1n) is 5.54. The van der Waals surface area contributed by atoms with Gasteiger partial charge in [0.2, 0.25) is 0 Å². The van der Waals surface area contributed by atoms with Crippen molar-refractivity contribution in [1.29, 1.82) is 0 Å². The van der Waals surface area contributed by atoms with E-state index in [4.69, 9.17) is 27.9 Å². The summed E-state index contributed by atoms with van der Waals surface area (Å²) < 4.78 is 5.12. The number of rotatable bonds is 3. The SMILES string of the molecule is COc1ccc(Cl)cc1NC(=O)c1c[nH]c(=O)c(Cl)c1. The van der Waals surface area contributed by atoms with Crippen molar-refractivity contribution in [3.63, 3.8) is 0 Å². The van der Waals surface area contributed by atoms with Gasteiger partial charge in [0, 0.05) is 11.2 Å². The lowest BCUT2D eigenvalue weighted by Crippen LogP contribution is -2.16. The highest BCUT2D eigenvalue weighted by molar-refractivity contribution is 6.31. The Balaban J connectivity index is 2.29. The molecule has 1 amide bonds. The summed E-state index contributed by atoms with van der Waals surface area (Å²) in [6, 6.07) is 6.13. The van der Waals surface area contributed by atoms with Gasteiger partial charge >= 0.3 is 0 Å². The van der Waals surface area contributed by atoms with Gasteiger partial charge in [-0.1, -0.05) is 23.2 Å². The second kappa shape index (κ2) is 5.98. The molecule has 1 heterocycles. The summed E-state index contributed by atoms with van der Waals surface area (Å²) in [5.41, 5.74) is 0.188. The van der Waals surface area contributed by atoms with Crippen LogP contribution in [0.3, 0.4) is 0 Å². The van der Waals surface area contributed by atoms with Crippen LogP contribution in [-0.4, -0.2) is 18.0 Å². The van der Waals surface area contributed by atoms with Crippen LogP contribution in [0.15, 0.2) is 35.3 Å². The Hall–Kier alpha value is -1.98.